The molecule has 2 N–H and O–H groups in total. The number of hydrogen-bond acceptors (Lipinski definition) is 4. The van der Waals surface area contributed by atoms with Gasteiger partial charge in [0.2, 0.25) is 0 Å². The largest absolute Gasteiger partial charge is 0.497 e. The van der Waals surface area contributed by atoms with Crippen LogP contribution in [0, 0.1) is 0 Å². The number of methoxy groups -OCH3 is 2. The van der Waals surface area contributed by atoms with Gasteiger partial charge in [-0.25, -0.2) is 4.99 Å². The van der Waals surface area contributed by atoms with Crippen molar-refractivity contribution in [2.24, 2.45) is 4.99 Å². The zero-order chi connectivity index (χ0) is 17.4. The molecule has 2 rings (SSSR count). The van der Waals surface area contributed by atoms with E-state index in [0.717, 1.165) is 36.1 Å². The van der Waals surface area contributed by atoms with Gasteiger partial charge >= 0.3 is 0 Å². The Morgan fingerprint density at radius 3 is 2.75 bits per heavy atom. The normalized spacial score (nSPS) is 20.8. The third-order valence-corrected chi connectivity index (χ3v) is 5.71. The van der Waals surface area contributed by atoms with E-state index in [4.69, 9.17) is 14.5 Å². The van der Waals surface area contributed by atoms with Crippen LogP contribution in [0.25, 0.3) is 0 Å². The van der Waals surface area contributed by atoms with Crippen LogP contribution in [0.1, 0.15) is 32.3 Å². The molecule has 0 saturated carbocycles. The molecule has 1 fully saturated rings. The van der Waals surface area contributed by atoms with E-state index in [0.29, 0.717) is 11.3 Å². The smallest absolute Gasteiger partial charge is 0.191 e. The van der Waals surface area contributed by atoms with Crippen LogP contribution < -0.4 is 20.1 Å². The SMILES string of the molecule is CCNC(=NCc1ccc(OC)cc1OC)NCC1(C)CCCS1. The van der Waals surface area contributed by atoms with Gasteiger partial charge in [0.25, 0.3) is 0 Å². The first kappa shape index (κ1) is 18.8. The van der Waals surface area contributed by atoms with Crippen molar-refractivity contribution in [2.45, 2.75) is 38.0 Å². The van der Waals surface area contributed by atoms with Crippen LogP contribution in [0.15, 0.2) is 23.2 Å². The number of nitrogens with zero attached hydrogens (tertiary/aromatic N) is 1. The predicted octanol–water partition coefficient (Wildman–Crippen LogP) is 3.04. The fourth-order valence-electron chi connectivity index (χ4n) is 2.74. The Morgan fingerprint density at radius 2 is 2.12 bits per heavy atom. The van der Waals surface area contributed by atoms with Crippen molar-refractivity contribution in [1.82, 2.24) is 10.6 Å². The lowest BCUT2D eigenvalue weighted by Gasteiger charge is -2.24. The van der Waals surface area contributed by atoms with Gasteiger partial charge in [-0.3, -0.25) is 0 Å². The summed E-state index contributed by atoms with van der Waals surface area (Å²) in [4.78, 5) is 4.70. The van der Waals surface area contributed by atoms with Crippen LogP contribution in [0.4, 0.5) is 0 Å². The van der Waals surface area contributed by atoms with Crippen molar-refractivity contribution >= 4 is 17.7 Å². The first-order valence-corrected chi connectivity index (χ1v) is 9.46. The summed E-state index contributed by atoms with van der Waals surface area (Å²) in [5.74, 6) is 3.70. The Labute approximate surface area is 149 Å². The summed E-state index contributed by atoms with van der Waals surface area (Å²) in [6, 6.07) is 5.82. The summed E-state index contributed by atoms with van der Waals surface area (Å²) in [6.07, 6.45) is 2.57. The highest BCUT2D eigenvalue weighted by Gasteiger charge is 2.29. The van der Waals surface area contributed by atoms with Crippen LogP contribution in [0.3, 0.4) is 0 Å². The highest BCUT2D eigenvalue weighted by atomic mass is 32.2. The number of nitrogens with one attached hydrogen (secondary N) is 2. The van der Waals surface area contributed by atoms with E-state index in [9.17, 15) is 0 Å². The number of benzene rings is 1. The number of hydrogen-bond donors (Lipinski definition) is 2. The number of thioether (sulfide) groups is 1. The monoisotopic (exact) mass is 351 g/mol. The van der Waals surface area contributed by atoms with Gasteiger partial charge in [-0.1, -0.05) is 0 Å². The summed E-state index contributed by atoms with van der Waals surface area (Å²) < 4.78 is 11.0. The van der Waals surface area contributed by atoms with Gasteiger partial charge in [-0.2, -0.15) is 11.8 Å². The van der Waals surface area contributed by atoms with E-state index in [1.807, 2.05) is 18.2 Å². The molecule has 1 heterocycles. The molecule has 1 aromatic carbocycles. The Morgan fingerprint density at radius 1 is 1.29 bits per heavy atom. The number of rotatable bonds is 7. The second-order valence-electron chi connectivity index (χ2n) is 6.13. The third-order valence-electron chi connectivity index (χ3n) is 4.18. The molecule has 6 heteroatoms. The zero-order valence-corrected chi connectivity index (χ0v) is 16.0. The van der Waals surface area contributed by atoms with Crippen LogP contribution in [0.5, 0.6) is 11.5 Å². The maximum Gasteiger partial charge on any atom is 0.191 e. The average Bonchev–Trinajstić information content (AvgIpc) is 3.04. The summed E-state index contributed by atoms with van der Waals surface area (Å²) >= 11 is 2.05. The van der Waals surface area contributed by atoms with Crippen LogP contribution >= 0.6 is 11.8 Å². The van der Waals surface area contributed by atoms with Gasteiger partial charge in [0.1, 0.15) is 11.5 Å². The Kier molecular flexibility index (Phi) is 7.09. The molecule has 0 amide bonds. The summed E-state index contributed by atoms with van der Waals surface area (Å²) in [5.41, 5.74) is 1.04. The van der Waals surface area contributed by atoms with Crippen molar-refractivity contribution in [3.63, 3.8) is 0 Å². The quantitative estimate of drug-likeness (QED) is 0.584. The molecule has 0 bridgehead atoms. The van der Waals surface area contributed by atoms with E-state index >= 15 is 0 Å². The molecule has 24 heavy (non-hydrogen) atoms. The molecule has 134 valence electrons. The molecule has 1 aliphatic heterocycles. The molecule has 1 aromatic rings. The van der Waals surface area contributed by atoms with Crippen molar-refractivity contribution in [3.05, 3.63) is 23.8 Å². The van der Waals surface area contributed by atoms with Gasteiger partial charge in [-0.15, -0.1) is 0 Å². The summed E-state index contributed by atoms with van der Waals surface area (Å²) in [7, 11) is 3.32. The second kappa shape index (κ2) is 9.06. The minimum Gasteiger partial charge on any atom is -0.497 e. The fraction of sp³-hybridized carbons (Fsp3) is 0.611. The van der Waals surface area contributed by atoms with E-state index in [2.05, 4.69) is 36.2 Å². The molecule has 0 aliphatic carbocycles. The molecular formula is C18H29N3O2S. The Hall–Kier alpha value is -1.56. The van der Waals surface area contributed by atoms with Crippen LogP contribution in [-0.4, -0.2) is 43.8 Å². The van der Waals surface area contributed by atoms with Gasteiger partial charge in [0.05, 0.1) is 20.8 Å². The standard InChI is InChI=1S/C18H29N3O2S/c1-5-19-17(21-13-18(2)9-6-10-24-18)20-12-14-7-8-15(22-3)11-16(14)23-4/h7-8,11H,5-6,9-10,12-13H2,1-4H3,(H2,19,20,21). The molecular weight excluding hydrogens is 322 g/mol. The zero-order valence-electron chi connectivity index (χ0n) is 15.1. The number of aliphatic imine (C=N–C) groups is 1. The third kappa shape index (κ3) is 5.23. The van der Waals surface area contributed by atoms with Crippen LogP contribution in [-0.2, 0) is 6.54 Å². The van der Waals surface area contributed by atoms with Crippen molar-refractivity contribution in [1.29, 1.82) is 0 Å². The molecule has 0 aromatic heterocycles. The van der Waals surface area contributed by atoms with E-state index < -0.39 is 0 Å². The number of ether oxygens (including phenoxy) is 2. The van der Waals surface area contributed by atoms with Gasteiger partial charge in [0, 0.05) is 29.5 Å². The first-order chi connectivity index (χ1) is 11.6. The summed E-state index contributed by atoms with van der Waals surface area (Å²) in [6.45, 7) is 6.75. The molecule has 1 saturated heterocycles. The van der Waals surface area contributed by atoms with Gasteiger partial charge < -0.3 is 20.1 Å². The molecule has 0 spiro atoms. The lowest BCUT2D eigenvalue weighted by molar-refractivity contribution is 0.391. The first-order valence-electron chi connectivity index (χ1n) is 8.47. The molecule has 1 atom stereocenters. The lowest BCUT2D eigenvalue weighted by Crippen LogP contribution is -2.43. The molecule has 5 nitrogen and oxygen atoms in total. The van der Waals surface area contributed by atoms with Gasteiger partial charge in [0.15, 0.2) is 5.96 Å². The minimum absolute atomic E-state index is 0.313. The Balaban J connectivity index is 2.02. The van der Waals surface area contributed by atoms with E-state index in [-0.39, 0.29) is 0 Å². The second-order valence-corrected chi connectivity index (χ2v) is 7.81. The number of guanidine groups is 1. The van der Waals surface area contributed by atoms with Crippen molar-refractivity contribution in [2.75, 3.05) is 33.1 Å². The maximum absolute atomic E-state index is 5.44. The molecule has 1 aliphatic rings. The van der Waals surface area contributed by atoms with Crippen molar-refractivity contribution < 1.29 is 9.47 Å². The highest BCUT2D eigenvalue weighted by Crippen LogP contribution is 2.36. The highest BCUT2D eigenvalue weighted by molar-refractivity contribution is 8.00. The van der Waals surface area contributed by atoms with E-state index in [1.54, 1.807) is 14.2 Å². The van der Waals surface area contributed by atoms with E-state index in [1.165, 1.54) is 18.6 Å². The molecule has 0 radical (unpaired) electrons. The van der Waals surface area contributed by atoms with Crippen molar-refractivity contribution in [3.8, 4) is 11.5 Å². The lowest BCUT2D eigenvalue weighted by atomic mass is 10.1. The summed E-state index contributed by atoms with van der Waals surface area (Å²) in [5, 5.41) is 6.80. The minimum atomic E-state index is 0.313. The topological polar surface area (TPSA) is 54.9 Å². The predicted molar refractivity (Wildman–Crippen MR) is 102 cm³/mol. The van der Waals surface area contributed by atoms with Gasteiger partial charge in [-0.05, 0) is 44.6 Å². The Bertz CT molecular complexity index is 557. The fourth-order valence-corrected chi connectivity index (χ4v) is 3.98. The molecule has 1 unspecified atom stereocenters. The average molecular weight is 352 g/mol. The van der Waals surface area contributed by atoms with Crippen LogP contribution in [0.2, 0.25) is 0 Å². The maximum atomic E-state index is 5.44.